The van der Waals surface area contributed by atoms with Gasteiger partial charge in [-0.25, -0.2) is 4.79 Å². The number of benzene rings is 2. The van der Waals surface area contributed by atoms with E-state index in [1.807, 2.05) is 36.4 Å². The molecule has 2 aromatic rings. The summed E-state index contributed by atoms with van der Waals surface area (Å²) in [6.07, 6.45) is 0. The Labute approximate surface area is 122 Å². The van der Waals surface area contributed by atoms with Crippen molar-refractivity contribution in [3.63, 3.8) is 0 Å². The Morgan fingerprint density at radius 1 is 1.00 bits per heavy atom. The van der Waals surface area contributed by atoms with Crippen molar-refractivity contribution >= 4 is 11.9 Å². The van der Waals surface area contributed by atoms with Crippen molar-refractivity contribution in [2.45, 2.75) is 18.5 Å². The van der Waals surface area contributed by atoms with Crippen LogP contribution in [0.2, 0.25) is 0 Å². The third-order valence-corrected chi connectivity index (χ3v) is 4.01. The van der Waals surface area contributed by atoms with Crippen LogP contribution >= 0.6 is 0 Å². The molecule has 106 valence electrons. The van der Waals surface area contributed by atoms with E-state index in [1.54, 1.807) is 31.2 Å². The molecule has 0 unspecified atom stereocenters. The molecule has 1 saturated heterocycles. The maximum Gasteiger partial charge on any atom is 0.331 e. The first-order chi connectivity index (χ1) is 10.1. The number of carbonyl (C=O) groups is 2. The minimum atomic E-state index is -1.19. The Kier molecular flexibility index (Phi) is 3.01. The van der Waals surface area contributed by atoms with Crippen LogP contribution in [0, 0.1) is 0 Å². The summed E-state index contributed by atoms with van der Waals surface area (Å²) in [4.78, 5) is 25.6. The molecule has 2 aromatic carbocycles. The lowest BCUT2D eigenvalue weighted by Gasteiger charge is -2.07. The summed E-state index contributed by atoms with van der Waals surface area (Å²) in [7, 11) is 0. The molecule has 0 radical (unpaired) electrons. The van der Waals surface area contributed by atoms with Gasteiger partial charge >= 0.3 is 5.97 Å². The van der Waals surface area contributed by atoms with Gasteiger partial charge in [0.2, 0.25) is 0 Å². The smallest absolute Gasteiger partial charge is 0.331 e. The predicted octanol–water partition coefficient (Wildman–Crippen LogP) is 2.73. The largest absolute Gasteiger partial charge is 0.479 e. The van der Waals surface area contributed by atoms with E-state index in [0.29, 0.717) is 5.56 Å². The van der Waals surface area contributed by atoms with E-state index >= 15 is 0 Å². The summed E-state index contributed by atoms with van der Waals surface area (Å²) >= 11 is 0. The van der Waals surface area contributed by atoms with E-state index in [4.69, 9.17) is 0 Å². The number of carboxylic acids is 1. The molecule has 0 aromatic heterocycles. The maximum absolute atomic E-state index is 12.6. The number of aliphatic carboxylic acids is 1. The van der Waals surface area contributed by atoms with Gasteiger partial charge in [0, 0.05) is 5.56 Å². The first-order valence-electron chi connectivity index (χ1n) is 6.74. The van der Waals surface area contributed by atoms with Crippen LogP contribution in [0.3, 0.4) is 0 Å². The van der Waals surface area contributed by atoms with Crippen LogP contribution in [0.4, 0.5) is 0 Å². The molecule has 1 aliphatic heterocycles. The summed E-state index contributed by atoms with van der Waals surface area (Å²) in [5.74, 6) is -1.24. The van der Waals surface area contributed by atoms with Gasteiger partial charge in [0.1, 0.15) is 0 Å². The summed E-state index contributed by atoms with van der Waals surface area (Å²) in [6.45, 7) is 1.59. The Morgan fingerprint density at radius 3 is 2.05 bits per heavy atom. The van der Waals surface area contributed by atoms with Gasteiger partial charge in [0.05, 0.1) is 6.04 Å². The minimum Gasteiger partial charge on any atom is -0.479 e. The monoisotopic (exact) mass is 281 g/mol. The molecule has 3 rings (SSSR count). The summed E-state index contributed by atoms with van der Waals surface area (Å²) in [6, 6.07) is 17.6. The lowest BCUT2D eigenvalue weighted by Crippen LogP contribution is -2.28. The number of hydrogen-bond donors (Lipinski definition) is 1. The lowest BCUT2D eigenvalue weighted by atomic mass is 10.0. The minimum absolute atomic E-state index is 0.255. The van der Waals surface area contributed by atoms with E-state index in [9.17, 15) is 14.7 Å². The van der Waals surface area contributed by atoms with E-state index in [1.165, 1.54) is 4.90 Å². The molecule has 0 bridgehead atoms. The van der Waals surface area contributed by atoms with Crippen molar-refractivity contribution in [1.82, 2.24) is 4.90 Å². The quantitative estimate of drug-likeness (QED) is 0.880. The van der Waals surface area contributed by atoms with E-state index in [2.05, 4.69) is 0 Å². The van der Waals surface area contributed by atoms with Crippen molar-refractivity contribution < 1.29 is 14.7 Å². The highest BCUT2D eigenvalue weighted by molar-refractivity contribution is 6.02. The zero-order chi connectivity index (χ0) is 15.0. The zero-order valence-electron chi connectivity index (χ0n) is 11.6. The van der Waals surface area contributed by atoms with Gasteiger partial charge in [-0.3, -0.25) is 4.79 Å². The van der Waals surface area contributed by atoms with Gasteiger partial charge in [-0.15, -0.1) is 0 Å². The van der Waals surface area contributed by atoms with Crippen LogP contribution in [0.25, 0.3) is 0 Å². The second-order valence-corrected chi connectivity index (χ2v) is 5.31. The number of carboxylic acid groups (broad SMARTS) is 1. The van der Waals surface area contributed by atoms with Gasteiger partial charge in [0.15, 0.2) is 5.54 Å². The third-order valence-electron chi connectivity index (χ3n) is 4.01. The van der Waals surface area contributed by atoms with Crippen molar-refractivity contribution in [2.24, 2.45) is 0 Å². The average Bonchev–Trinajstić information content (AvgIpc) is 3.16. The van der Waals surface area contributed by atoms with Gasteiger partial charge in [0.25, 0.3) is 5.91 Å². The molecule has 1 fully saturated rings. The van der Waals surface area contributed by atoms with Crippen molar-refractivity contribution in [3.05, 3.63) is 71.8 Å². The predicted molar refractivity (Wildman–Crippen MR) is 77.8 cm³/mol. The van der Waals surface area contributed by atoms with Crippen LogP contribution in [0.15, 0.2) is 60.7 Å². The first-order valence-corrected chi connectivity index (χ1v) is 6.74. The SMILES string of the molecule is C[C@]1(C(=O)O)[C@H](c2ccccc2)N1C(=O)c1ccccc1. The van der Waals surface area contributed by atoms with Gasteiger partial charge < -0.3 is 10.0 Å². The maximum atomic E-state index is 12.6. The Hall–Kier alpha value is -2.62. The lowest BCUT2D eigenvalue weighted by molar-refractivity contribution is -0.140. The standard InChI is InChI=1S/C17H15NO3/c1-17(16(20)21)14(12-8-4-2-5-9-12)18(17)15(19)13-10-6-3-7-11-13/h2-11,14H,1H3,(H,20,21)/t14-,17+,18?/m0/s1. The van der Waals surface area contributed by atoms with E-state index < -0.39 is 17.6 Å². The van der Waals surface area contributed by atoms with Gasteiger partial charge in [-0.05, 0) is 24.6 Å². The molecule has 1 N–H and O–H groups in total. The van der Waals surface area contributed by atoms with Crippen LogP contribution < -0.4 is 0 Å². The van der Waals surface area contributed by atoms with Crippen LogP contribution in [0.1, 0.15) is 28.9 Å². The highest BCUT2D eigenvalue weighted by Gasteiger charge is 2.68. The van der Waals surface area contributed by atoms with Gasteiger partial charge in [-0.2, -0.15) is 0 Å². The fraction of sp³-hybridized carbons (Fsp3) is 0.176. The van der Waals surface area contributed by atoms with E-state index in [0.717, 1.165) is 5.56 Å². The molecular weight excluding hydrogens is 266 g/mol. The van der Waals surface area contributed by atoms with Crippen LogP contribution in [-0.4, -0.2) is 27.4 Å². The summed E-state index contributed by atoms with van der Waals surface area (Å²) in [5.41, 5.74) is 0.156. The van der Waals surface area contributed by atoms with Crippen LogP contribution in [-0.2, 0) is 4.79 Å². The Morgan fingerprint density at radius 2 is 1.52 bits per heavy atom. The Bertz CT molecular complexity index is 684. The first kappa shape index (κ1) is 13.4. The molecule has 0 saturated carbocycles. The number of nitrogens with zero attached hydrogens (tertiary/aromatic N) is 1. The summed E-state index contributed by atoms with van der Waals surface area (Å²) < 4.78 is 0. The van der Waals surface area contributed by atoms with Crippen molar-refractivity contribution in [3.8, 4) is 0 Å². The second kappa shape index (κ2) is 4.74. The summed E-state index contributed by atoms with van der Waals surface area (Å²) in [5, 5.41) is 9.52. The fourth-order valence-corrected chi connectivity index (χ4v) is 2.77. The number of amides is 1. The number of hydrogen-bond acceptors (Lipinski definition) is 2. The zero-order valence-corrected chi connectivity index (χ0v) is 11.6. The normalized spacial score (nSPS) is 23.7. The highest BCUT2D eigenvalue weighted by atomic mass is 16.4. The Balaban J connectivity index is 1.98. The molecule has 2 atom stereocenters. The topological polar surface area (TPSA) is 57.4 Å². The number of rotatable bonds is 3. The molecule has 1 heterocycles. The van der Waals surface area contributed by atoms with E-state index in [-0.39, 0.29) is 5.91 Å². The fourth-order valence-electron chi connectivity index (χ4n) is 2.77. The molecule has 4 heteroatoms. The van der Waals surface area contributed by atoms with Gasteiger partial charge in [-0.1, -0.05) is 48.5 Å². The van der Waals surface area contributed by atoms with Crippen molar-refractivity contribution in [1.29, 1.82) is 0 Å². The molecule has 4 nitrogen and oxygen atoms in total. The molecule has 0 spiro atoms. The average molecular weight is 281 g/mol. The molecule has 21 heavy (non-hydrogen) atoms. The molecule has 1 aliphatic rings. The molecule has 1 amide bonds. The van der Waals surface area contributed by atoms with Crippen LogP contribution in [0.5, 0.6) is 0 Å². The highest BCUT2D eigenvalue weighted by Crippen LogP contribution is 2.54. The second-order valence-electron chi connectivity index (χ2n) is 5.31. The number of carbonyl (C=O) groups excluding carboxylic acids is 1. The molecular formula is C17H15NO3. The third kappa shape index (κ3) is 2.00. The molecule has 0 aliphatic carbocycles. The van der Waals surface area contributed by atoms with Crippen molar-refractivity contribution in [2.75, 3.05) is 0 Å².